The molecule has 0 spiro atoms. The van der Waals surface area contributed by atoms with Gasteiger partial charge in [0.1, 0.15) is 6.10 Å². The zero-order chi connectivity index (χ0) is 17.1. The minimum atomic E-state index is -0.347. The molecule has 0 saturated carbocycles. The molecule has 2 aromatic carbocycles. The number of para-hydroxylation sites is 1. The Morgan fingerprint density at radius 2 is 2.04 bits per heavy atom. The summed E-state index contributed by atoms with van der Waals surface area (Å²) in [5.41, 5.74) is 1.91. The fraction of sp³-hybridized carbons (Fsp3) is 0.167. The number of nitrogens with zero attached hydrogens (tertiary/aromatic N) is 1. The first-order valence-electron chi connectivity index (χ1n) is 7.48. The van der Waals surface area contributed by atoms with Crippen LogP contribution in [0, 0.1) is 11.3 Å². The predicted octanol–water partition coefficient (Wildman–Crippen LogP) is 2.92. The van der Waals surface area contributed by atoms with Gasteiger partial charge in [0.15, 0.2) is 5.75 Å². The van der Waals surface area contributed by atoms with Crippen molar-refractivity contribution >= 4 is 23.2 Å². The fourth-order valence-corrected chi connectivity index (χ4v) is 2.47. The van der Waals surface area contributed by atoms with Crippen molar-refractivity contribution in [2.45, 2.75) is 19.4 Å². The van der Waals surface area contributed by atoms with Crippen molar-refractivity contribution < 1.29 is 14.3 Å². The van der Waals surface area contributed by atoms with Gasteiger partial charge in [0.2, 0.25) is 5.91 Å². The zero-order valence-electron chi connectivity index (χ0n) is 13.0. The number of hydrogen-bond donors (Lipinski definition) is 2. The summed E-state index contributed by atoms with van der Waals surface area (Å²) in [4.78, 5) is 24.3. The van der Waals surface area contributed by atoms with Gasteiger partial charge in [-0.15, -0.1) is 0 Å². The number of anilines is 2. The molecule has 2 aromatic rings. The molecular formula is C18H15N3O3. The van der Waals surface area contributed by atoms with E-state index in [0.29, 0.717) is 28.3 Å². The minimum absolute atomic E-state index is 0.147. The van der Waals surface area contributed by atoms with Crippen LogP contribution in [0.25, 0.3) is 0 Å². The van der Waals surface area contributed by atoms with Crippen LogP contribution in [-0.4, -0.2) is 17.9 Å². The molecule has 0 radical (unpaired) electrons. The predicted molar refractivity (Wildman–Crippen MR) is 88.9 cm³/mol. The molecule has 0 saturated heterocycles. The molecule has 1 aliphatic heterocycles. The quantitative estimate of drug-likeness (QED) is 0.889. The van der Waals surface area contributed by atoms with Gasteiger partial charge in [-0.25, -0.2) is 0 Å². The lowest BCUT2D eigenvalue weighted by atomic mass is 10.1. The fourth-order valence-electron chi connectivity index (χ4n) is 2.47. The maximum absolute atomic E-state index is 12.6. The lowest BCUT2D eigenvalue weighted by molar-refractivity contribution is -0.117. The SMILES string of the molecule is C[C@@H]1CC(=O)Nc2cccc(C(=O)Nc3ccc(C#N)cc3)c2O1. The average Bonchev–Trinajstić information content (AvgIpc) is 2.71. The zero-order valence-corrected chi connectivity index (χ0v) is 13.0. The van der Waals surface area contributed by atoms with Gasteiger partial charge >= 0.3 is 0 Å². The molecule has 120 valence electrons. The standard InChI is InChI=1S/C18H15N3O3/c1-11-9-16(22)21-15-4-2-3-14(17(15)24-11)18(23)20-13-7-5-12(10-19)6-8-13/h2-8,11H,9H2,1H3,(H,20,23)(H,21,22)/t11-/m1/s1. The number of carbonyl (C=O) groups excluding carboxylic acids is 2. The topological polar surface area (TPSA) is 91.2 Å². The lowest BCUT2D eigenvalue weighted by Crippen LogP contribution is -2.18. The van der Waals surface area contributed by atoms with Crippen LogP contribution < -0.4 is 15.4 Å². The van der Waals surface area contributed by atoms with Crippen molar-refractivity contribution in [3.8, 4) is 11.8 Å². The van der Waals surface area contributed by atoms with E-state index in [0.717, 1.165) is 0 Å². The summed E-state index contributed by atoms with van der Waals surface area (Å²) in [5.74, 6) is -0.132. The van der Waals surface area contributed by atoms with E-state index in [1.165, 1.54) is 0 Å². The number of benzene rings is 2. The van der Waals surface area contributed by atoms with Gasteiger partial charge < -0.3 is 15.4 Å². The van der Waals surface area contributed by atoms with Crippen molar-refractivity contribution in [1.29, 1.82) is 5.26 Å². The van der Waals surface area contributed by atoms with Crippen molar-refractivity contribution in [1.82, 2.24) is 0 Å². The van der Waals surface area contributed by atoms with Crippen molar-refractivity contribution in [2.24, 2.45) is 0 Å². The third-order valence-corrected chi connectivity index (χ3v) is 3.60. The molecule has 2 amide bonds. The summed E-state index contributed by atoms with van der Waals surface area (Å²) in [7, 11) is 0. The Hall–Kier alpha value is -3.33. The first-order valence-corrected chi connectivity index (χ1v) is 7.48. The molecular weight excluding hydrogens is 306 g/mol. The summed E-state index contributed by atoms with van der Waals surface area (Å²) in [5, 5.41) is 14.3. The molecule has 1 aliphatic rings. The van der Waals surface area contributed by atoms with Crippen LogP contribution in [0.1, 0.15) is 29.3 Å². The highest BCUT2D eigenvalue weighted by atomic mass is 16.5. The van der Waals surface area contributed by atoms with Gasteiger partial charge in [-0.05, 0) is 43.3 Å². The Kier molecular flexibility index (Phi) is 4.17. The Morgan fingerprint density at radius 3 is 2.75 bits per heavy atom. The highest BCUT2D eigenvalue weighted by molar-refractivity contribution is 6.08. The first-order chi connectivity index (χ1) is 11.6. The number of hydrogen-bond acceptors (Lipinski definition) is 4. The van der Waals surface area contributed by atoms with E-state index in [2.05, 4.69) is 10.6 Å². The van der Waals surface area contributed by atoms with E-state index in [1.54, 1.807) is 49.4 Å². The van der Waals surface area contributed by atoms with E-state index in [4.69, 9.17) is 10.00 Å². The van der Waals surface area contributed by atoms with Crippen molar-refractivity contribution in [3.63, 3.8) is 0 Å². The summed E-state index contributed by atoms with van der Waals surface area (Å²) in [6, 6.07) is 13.6. The number of nitriles is 1. The van der Waals surface area contributed by atoms with Gasteiger partial charge in [0.25, 0.3) is 5.91 Å². The van der Waals surface area contributed by atoms with Crippen LogP contribution in [0.4, 0.5) is 11.4 Å². The highest BCUT2D eigenvalue weighted by Gasteiger charge is 2.24. The first kappa shape index (κ1) is 15.6. The van der Waals surface area contributed by atoms with Crippen molar-refractivity contribution in [2.75, 3.05) is 10.6 Å². The molecule has 24 heavy (non-hydrogen) atoms. The molecule has 6 nitrogen and oxygen atoms in total. The summed E-state index contributed by atoms with van der Waals surface area (Å²) in [6.45, 7) is 1.78. The second kappa shape index (κ2) is 6.42. The third kappa shape index (κ3) is 3.20. The summed E-state index contributed by atoms with van der Waals surface area (Å²) in [6.07, 6.45) is -0.0964. The molecule has 0 bridgehead atoms. The number of amides is 2. The molecule has 3 rings (SSSR count). The summed E-state index contributed by atoms with van der Waals surface area (Å²) >= 11 is 0. The van der Waals surface area contributed by atoms with Gasteiger partial charge in [0, 0.05) is 5.69 Å². The smallest absolute Gasteiger partial charge is 0.259 e. The Bertz CT molecular complexity index is 838. The Balaban J connectivity index is 1.89. The van der Waals surface area contributed by atoms with Crippen LogP contribution in [0.15, 0.2) is 42.5 Å². The second-order valence-electron chi connectivity index (χ2n) is 5.51. The van der Waals surface area contributed by atoms with E-state index in [9.17, 15) is 9.59 Å². The lowest BCUT2D eigenvalue weighted by Gasteiger charge is -2.15. The molecule has 0 aliphatic carbocycles. The highest BCUT2D eigenvalue weighted by Crippen LogP contribution is 2.33. The molecule has 1 heterocycles. The van der Waals surface area contributed by atoms with E-state index < -0.39 is 0 Å². The van der Waals surface area contributed by atoms with Crippen LogP contribution in [-0.2, 0) is 4.79 Å². The van der Waals surface area contributed by atoms with Gasteiger partial charge in [-0.2, -0.15) is 5.26 Å². The number of fused-ring (bicyclic) bond motifs is 1. The second-order valence-corrected chi connectivity index (χ2v) is 5.51. The third-order valence-electron chi connectivity index (χ3n) is 3.60. The molecule has 0 aromatic heterocycles. The normalized spacial score (nSPS) is 16.0. The minimum Gasteiger partial charge on any atom is -0.487 e. The number of carbonyl (C=O) groups is 2. The van der Waals surface area contributed by atoms with Crippen LogP contribution >= 0.6 is 0 Å². The largest absolute Gasteiger partial charge is 0.487 e. The van der Waals surface area contributed by atoms with E-state index in [1.807, 2.05) is 6.07 Å². The molecule has 0 fully saturated rings. The van der Waals surface area contributed by atoms with E-state index in [-0.39, 0.29) is 24.3 Å². The molecule has 1 atom stereocenters. The average molecular weight is 321 g/mol. The van der Waals surface area contributed by atoms with Crippen molar-refractivity contribution in [3.05, 3.63) is 53.6 Å². The number of ether oxygens (including phenoxy) is 1. The molecule has 2 N–H and O–H groups in total. The maximum atomic E-state index is 12.6. The Labute approximate surface area is 139 Å². The molecule has 0 unspecified atom stereocenters. The van der Waals surface area contributed by atoms with Gasteiger partial charge in [-0.3, -0.25) is 9.59 Å². The molecule has 6 heteroatoms. The maximum Gasteiger partial charge on any atom is 0.259 e. The Morgan fingerprint density at radius 1 is 1.29 bits per heavy atom. The van der Waals surface area contributed by atoms with E-state index >= 15 is 0 Å². The van der Waals surface area contributed by atoms with Gasteiger partial charge in [-0.1, -0.05) is 6.07 Å². The number of rotatable bonds is 2. The monoisotopic (exact) mass is 321 g/mol. The van der Waals surface area contributed by atoms with Gasteiger partial charge in [0.05, 0.1) is 29.3 Å². The summed E-state index contributed by atoms with van der Waals surface area (Å²) < 4.78 is 5.77. The number of nitrogens with one attached hydrogen (secondary N) is 2. The van der Waals surface area contributed by atoms with Crippen LogP contribution in [0.3, 0.4) is 0 Å². The van der Waals surface area contributed by atoms with Crippen LogP contribution in [0.2, 0.25) is 0 Å². The van der Waals surface area contributed by atoms with Crippen LogP contribution in [0.5, 0.6) is 5.75 Å².